The van der Waals surface area contributed by atoms with Crippen LogP contribution in [0.3, 0.4) is 0 Å². The molecular formula is C2H5F3O3S2. The first-order valence-corrected chi connectivity index (χ1v) is 4.50. The maximum absolute atomic E-state index is 11.4. The van der Waals surface area contributed by atoms with E-state index in [1.807, 2.05) is 0 Å². The Bertz CT molecular complexity index is 113. The molecule has 0 fully saturated rings. The molecule has 0 atom stereocenters. The lowest BCUT2D eigenvalue weighted by atomic mass is 11.6. The lowest BCUT2D eigenvalue weighted by Gasteiger charge is -2.25. The van der Waals surface area contributed by atoms with Crippen LogP contribution in [0.25, 0.3) is 0 Å². The second kappa shape index (κ2) is 3.18. The average Bonchev–Trinajstić information content (AvgIpc) is 1.61. The smallest absolute Gasteiger partial charge is 0.301 e. The van der Waals surface area contributed by atoms with Gasteiger partial charge in [-0.25, -0.2) is 3.63 Å². The van der Waals surface area contributed by atoms with E-state index in [1.165, 1.54) is 0 Å². The van der Waals surface area contributed by atoms with E-state index in [-0.39, 0.29) is 12.0 Å². The fourth-order valence-corrected chi connectivity index (χ4v) is 1.20. The number of alkyl halides is 3. The van der Waals surface area contributed by atoms with Gasteiger partial charge in [-0.2, -0.15) is 13.2 Å². The molecule has 64 valence electrons. The molecule has 0 aliphatic rings. The highest BCUT2D eigenvalue weighted by atomic mass is 32.3. The molecule has 2 N–H and O–H groups in total. The maximum Gasteiger partial charge on any atom is 0.494 e. The Morgan fingerprint density at radius 1 is 1.40 bits per heavy atom. The van der Waals surface area contributed by atoms with Gasteiger partial charge in [0.2, 0.25) is 0 Å². The van der Waals surface area contributed by atoms with E-state index >= 15 is 0 Å². The third-order valence-corrected chi connectivity index (χ3v) is 2.37. The minimum atomic E-state index is -5.10. The molecule has 0 heterocycles. The van der Waals surface area contributed by atoms with Crippen molar-refractivity contribution in [2.75, 3.05) is 6.26 Å². The summed E-state index contributed by atoms with van der Waals surface area (Å²) in [5.74, 6) is 0. The molecule has 0 aliphatic carbocycles. The molecule has 0 rings (SSSR count). The number of halogens is 3. The summed E-state index contributed by atoms with van der Waals surface area (Å²) in [7, 11) is -4.88. The fraction of sp³-hybridized carbons (Fsp3) is 1.00. The molecule has 0 saturated heterocycles. The van der Waals surface area contributed by atoms with Gasteiger partial charge in [0.05, 0.1) is 0 Å². The Morgan fingerprint density at radius 3 is 1.90 bits per heavy atom. The molecule has 0 aromatic heterocycles. The van der Waals surface area contributed by atoms with Crippen molar-refractivity contribution in [1.29, 1.82) is 0 Å². The van der Waals surface area contributed by atoms with Crippen molar-refractivity contribution in [1.82, 2.24) is 0 Å². The molecule has 0 unspecified atom stereocenters. The van der Waals surface area contributed by atoms with Gasteiger partial charge >= 0.3 is 5.51 Å². The highest BCUT2D eigenvalue weighted by Crippen LogP contribution is 2.58. The molecule has 0 spiro atoms. The van der Waals surface area contributed by atoms with Crippen LogP contribution in [0.5, 0.6) is 0 Å². The minimum Gasteiger partial charge on any atom is -0.301 e. The van der Waals surface area contributed by atoms with E-state index in [0.29, 0.717) is 0 Å². The predicted octanol–water partition coefficient (Wildman–Crippen LogP) is 2.47. The highest BCUT2D eigenvalue weighted by Gasteiger charge is 2.50. The molecule has 0 aromatic carbocycles. The number of rotatable bonds is 2. The second-order valence-electron chi connectivity index (χ2n) is 1.18. The maximum atomic E-state index is 11.4. The SMILES string of the molecule is CSOS(O)(O)C(F)(F)F. The zero-order chi connectivity index (χ0) is 8.41. The second-order valence-corrected chi connectivity index (χ2v) is 3.51. The topological polar surface area (TPSA) is 49.7 Å². The summed E-state index contributed by atoms with van der Waals surface area (Å²) in [5.41, 5.74) is -5.10. The molecule has 0 aromatic rings. The van der Waals surface area contributed by atoms with Crippen molar-refractivity contribution in [3.05, 3.63) is 0 Å². The Morgan fingerprint density at radius 2 is 1.80 bits per heavy atom. The van der Waals surface area contributed by atoms with Crippen LogP contribution in [0.4, 0.5) is 13.2 Å². The van der Waals surface area contributed by atoms with Gasteiger partial charge in [0.25, 0.3) is 0 Å². The highest BCUT2D eigenvalue weighted by molar-refractivity contribution is 8.25. The predicted molar refractivity (Wildman–Crippen MR) is 33.5 cm³/mol. The molecule has 0 amide bonds. The fourth-order valence-electron chi connectivity index (χ4n) is 0.133. The summed E-state index contributed by atoms with van der Waals surface area (Å²) in [6, 6.07) is 0. The molecule has 0 bridgehead atoms. The minimum absolute atomic E-state index is 0.252. The van der Waals surface area contributed by atoms with Gasteiger partial charge in [-0.1, -0.05) is 0 Å². The van der Waals surface area contributed by atoms with Crippen LogP contribution < -0.4 is 0 Å². The van der Waals surface area contributed by atoms with Crippen molar-refractivity contribution in [2.24, 2.45) is 0 Å². The lowest BCUT2D eigenvalue weighted by Crippen LogP contribution is -2.19. The van der Waals surface area contributed by atoms with Gasteiger partial charge in [-0.3, -0.25) is 0 Å². The summed E-state index contributed by atoms with van der Waals surface area (Å²) in [4.78, 5) is 0. The van der Waals surface area contributed by atoms with Crippen LogP contribution in [-0.2, 0) is 3.63 Å². The van der Waals surface area contributed by atoms with Gasteiger partial charge in [-0.15, -0.1) is 0 Å². The van der Waals surface area contributed by atoms with Crippen molar-refractivity contribution >= 4 is 22.9 Å². The Kier molecular flexibility index (Phi) is 3.30. The summed E-state index contributed by atoms with van der Waals surface area (Å²) in [5, 5.41) is 0. The molecule has 0 saturated carbocycles. The van der Waals surface area contributed by atoms with Crippen LogP contribution in [-0.4, -0.2) is 20.9 Å². The van der Waals surface area contributed by atoms with Crippen LogP contribution in [0, 0.1) is 0 Å². The van der Waals surface area contributed by atoms with Gasteiger partial charge in [0.15, 0.2) is 10.9 Å². The molecular weight excluding hydrogens is 193 g/mol. The lowest BCUT2D eigenvalue weighted by molar-refractivity contribution is -0.0604. The van der Waals surface area contributed by atoms with E-state index in [0.717, 1.165) is 6.26 Å². The van der Waals surface area contributed by atoms with Crippen LogP contribution in [0.15, 0.2) is 0 Å². The van der Waals surface area contributed by atoms with Crippen LogP contribution >= 0.6 is 22.9 Å². The van der Waals surface area contributed by atoms with E-state index in [2.05, 4.69) is 3.63 Å². The van der Waals surface area contributed by atoms with E-state index < -0.39 is 16.4 Å². The van der Waals surface area contributed by atoms with Crippen molar-refractivity contribution in [2.45, 2.75) is 5.51 Å². The van der Waals surface area contributed by atoms with Gasteiger partial charge in [-0.05, 0) is 0 Å². The standard InChI is InChI=1S/C2H5F3O3S2/c1-9-8-10(6,7)2(3,4)5/h6-7H,1H3. The largest absolute Gasteiger partial charge is 0.494 e. The van der Waals surface area contributed by atoms with E-state index in [4.69, 9.17) is 9.11 Å². The third-order valence-electron chi connectivity index (χ3n) is 0.464. The van der Waals surface area contributed by atoms with Gasteiger partial charge < -0.3 is 9.11 Å². The van der Waals surface area contributed by atoms with Crippen LogP contribution in [0.1, 0.15) is 0 Å². The first kappa shape index (κ1) is 10.4. The van der Waals surface area contributed by atoms with Gasteiger partial charge in [0.1, 0.15) is 0 Å². The number of hydrogen-bond acceptors (Lipinski definition) is 4. The molecule has 3 nitrogen and oxygen atoms in total. The molecule has 10 heavy (non-hydrogen) atoms. The van der Waals surface area contributed by atoms with Crippen molar-refractivity contribution in [3.63, 3.8) is 0 Å². The summed E-state index contributed by atoms with van der Waals surface area (Å²) in [6.07, 6.45) is 1.15. The quantitative estimate of drug-likeness (QED) is 0.669. The third kappa shape index (κ3) is 2.54. The zero-order valence-electron chi connectivity index (χ0n) is 4.75. The monoisotopic (exact) mass is 198 g/mol. The summed E-state index contributed by atoms with van der Waals surface area (Å²) >= 11 is 0.252. The van der Waals surface area contributed by atoms with E-state index in [9.17, 15) is 13.2 Å². The summed E-state index contributed by atoms with van der Waals surface area (Å²) < 4.78 is 54.1. The first-order valence-electron chi connectivity index (χ1n) is 1.88. The molecule has 0 radical (unpaired) electrons. The van der Waals surface area contributed by atoms with Crippen molar-refractivity contribution in [3.8, 4) is 0 Å². The summed E-state index contributed by atoms with van der Waals surface area (Å²) in [6.45, 7) is 0. The normalized spacial score (nSPS) is 15.4. The van der Waals surface area contributed by atoms with Gasteiger partial charge in [0, 0.05) is 18.3 Å². The average molecular weight is 198 g/mol. The van der Waals surface area contributed by atoms with Crippen LogP contribution in [0.2, 0.25) is 0 Å². The molecule has 0 aliphatic heterocycles. The van der Waals surface area contributed by atoms with E-state index in [1.54, 1.807) is 0 Å². The van der Waals surface area contributed by atoms with Crippen molar-refractivity contribution < 1.29 is 25.9 Å². The Balaban J connectivity index is 4.10. The Labute approximate surface area is 61.3 Å². The first-order chi connectivity index (χ1) is 4.31. The Hall–Kier alpha value is 0.370. The molecule has 8 heteroatoms. The number of hydrogen-bond donors (Lipinski definition) is 2. The zero-order valence-corrected chi connectivity index (χ0v) is 6.39.